The zero-order valence-electron chi connectivity index (χ0n) is 17.5. The van der Waals surface area contributed by atoms with Crippen molar-refractivity contribution >= 4 is 23.0 Å². The number of ether oxygens (including phenoxy) is 2. The van der Waals surface area contributed by atoms with Crippen molar-refractivity contribution < 1.29 is 48.9 Å². The maximum absolute atomic E-state index is 13.4. The molecule has 0 aliphatic heterocycles. The van der Waals surface area contributed by atoms with Crippen molar-refractivity contribution in [3.63, 3.8) is 0 Å². The standard InChI is InChI=1S/C17H26F3O8PS/c1-7-24-29(21,25-8-2)16-14(27-12(5)6)9-13(26-11(3)4)10-15(16)28-30(22,23)17(18,19)20/h9-12H,7-8H2,1-6H3. The van der Waals surface area contributed by atoms with Crippen LogP contribution in [0.15, 0.2) is 12.1 Å². The van der Waals surface area contributed by atoms with Crippen LogP contribution in [0, 0.1) is 0 Å². The van der Waals surface area contributed by atoms with Crippen LogP contribution < -0.4 is 19.0 Å². The van der Waals surface area contributed by atoms with Crippen LogP contribution in [0.1, 0.15) is 41.5 Å². The molecule has 0 amide bonds. The first-order valence-corrected chi connectivity index (χ1v) is 12.0. The lowest BCUT2D eigenvalue weighted by molar-refractivity contribution is -0.0500. The monoisotopic (exact) mass is 478 g/mol. The fourth-order valence-corrected chi connectivity index (χ4v) is 4.55. The first-order valence-electron chi connectivity index (χ1n) is 9.08. The van der Waals surface area contributed by atoms with Gasteiger partial charge in [0.2, 0.25) is 0 Å². The van der Waals surface area contributed by atoms with Crippen molar-refractivity contribution in [3.05, 3.63) is 12.1 Å². The molecule has 0 fully saturated rings. The second kappa shape index (κ2) is 10.2. The lowest BCUT2D eigenvalue weighted by atomic mass is 10.3. The van der Waals surface area contributed by atoms with Gasteiger partial charge >= 0.3 is 23.2 Å². The molecule has 0 saturated carbocycles. The molecule has 0 saturated heterocycles. The minimum absolute atomic E-state index is 0.0590. The van der Waals surface area contributed by atoms with Crippen LogP contribution in [0.5, 0.6) is 17.2 Å². The molecule has 1 rings (SSSR count). The summed E-state index contributed by atoms with van der Waals surface area (Å²) in [5, 5.41) is -0.580. The van der Waals surface area contributed by atoms with Crippen molar-refractivity contribution in [1.29, 1.82) is 0 Å². The maximum Gasteiger partial charge on any atom is 0.534 e. The van der Waals surface area contributed by atoms with Crippen LogP contribution >= 0.6 is 7.60 Å². The van der Waals surface area contributed by atoms with Crippen LogP contribution in [-0.4, -0.2) is 39.3 Å². The van der Waals surface area contributed by atoms with Gasteiger partial charge in [0.25, 0.3) is 0 Å². The summed E-state index contributed by atoms with van der Waals surface area (Å²) in [7, 11) is -10.4. The Labute approximate surface area is 174 Å². The highest BCUT2D eigenvalue weighted by atomic mass is 32.2. The van der Waals surface area contributed by atoms with Gasteiger partial charge in [-0.15, -0.1) is 0 Å². The van der Waals surface area contributed by atoms with Crippen molar-refractivity contribution in [3.8, 4) is 17.2 Å². The predicted molar refractivity (Wildman–Crippen MR) is 104 cm³/mol. The Morgan fingerprint density at radius 1 is 0.933 bits per heavy atom. The lowest BCUT2D eigenvalue weighted by Crippen LogP contribution is -2.30. The number of hydrogen-bond acceptors (Lipinski definition) is 8. The van der Waals surface area contributed by atoms with Gasteiger partial charge in [-0.2, -0.15) is 21.6 Å². The van der Waals surface area contributed by atoms with Crippen molar-refractivity contribution in [2.24, 2.45) is 0 Å². The summed E-state index contributed by atoms with van der Waals surface area (Å²) < 4.78 is 101. The summed E-state index contributed by atoms with van der Waals surface area (Å²) in [6, 6.07) is 2.13. The second-order valence-corrected chi connectivity index (χ2v) is 9.91. The van der Waals surface area contributed by atoms with Crippen LogP contribution in [-0.2, 0) is 23.7 Å². The highest BCUT2D eigenvalue weighted by molar-refractivity contribution is 7.88. The Morgan fingerprint density at radius 2 is 1.40 bits per heavy atom. The smallest absolute Gasteiger partial charge is 0.491 e. The molecule has 0 aromatic heterocycles. The molecule has 0 atom stereocenters. The minimum Gasteiger partial charge on any atom is -0.491 e. The Morgan fingerprint density at radius 3 is 1.80 bits per heavy atom. The van der Waals surface area contributed by atoms with Crippen LogP contribution in [0.3, 0.4) is 0 Å². The van der Waals surface area contributed by atoms with Crippen LogP contribution in [0.2, 0.25) is 0 Å². The predicted octanol–water partition coefficient (Wildman–Crippen LogP) is 4.38. The molecule has 1 aromatic carbocycles. The first-order chi connectivity index (χ1) is 13.7. The van der Waals surface area contributed by atoms with Gasteiger partial charge in [-0.1, -0.05) is 0 Å². The maximum atomic E-state index is 13.4. The van der Waals surface area contributed by atoms with Gasteiger partial charge in [0.1, 0.15) is 16.8 Å². The molecule has 1 aromatic rings. The molecule has 174 valence electrons. The molecule has 0 N–H and O–H groups in total. The summed E-state index contributed by atoms with van der Waals surface area (Å²) in [6.45, 7) is 9.19. The van der Waals surface area contributed by atoms with E-state index in [1.165, 1.54) is 19.9 Å². The van der Waals surface area contributed by atoms with Gasteiger partial charge < -0.3 is 22.7 Å². The highest BCUT2D eigenvalue weighted by Crippen LogP contribution is 2.53. The van der Waals surface area contributed by atoms with Crippen LogP contribution in [0.25, 0.3) is 0 Å². The summed E-state index contributed by atoms with van der Waals surface area (Å²) in [5.74, 6) is -1.23. The molecule has 0 unspecified atom stereocenters. The SMILES string of the molecule is CCOP(=O)(OCC)c1c(OC(C)C)cc(OC(C)C)cc1OS(=O)(=O)C(F)(F)F. The number of hydrogen-bond donors (Lipinski definition) is 0. The average Bonchev–Trinajstić information content (AvgIpc) is 2.52. The number of rotatable bonds is 11. The molecule has 0 aliphatic carbocycles. The molecule has 0 aliphatic rings. The zero-order chi connectivity index (χ0) is 23.3. The van der Waals surface area contributed by atoms with Gasteiger partial charge in [0, 0.05) is 12.1 Å². The Balaban J connectivity index is 3.88. The van der Waals surface area contributed by atoms with E-state index in [-0.39, 0.29) is 24.7 Å². The summed E-state index contributed by atoms with van der Waals surface area (Å²) in [6.07, 6.45) is -0.942. The van der Waals surface area contributed by atoms with E-state index in [1.807, 2.05) is 0 Å². The van der Waals surface area contributed by atoms with E-state index >= 15 is 0 Å². The van der Waals surface area contributed by atoms with Gasteiger partial charge in [-0.25, -0.2) is 0 Å². The number of halogens is 3. The van der Waals surface area contributed by atoms with E-state index in [2.05, 4.69) is 4.18 Å². The molecule has 0 spiro atoms. The van der Waals surface area contributed by atoms with E-state index in [4.69, 9.17) is 18.5 Å². The summed E-state index contributed by atoms with van der Waals surface area (Å²) in [5.41, 5.74) is -5.72. The van der Waals surface area contributed by atoms with Gasteiger partial charge in [0.15, 0.2) is 5.75 Å². The lowest BCUT2D eigenvalue weighted by Gasteiger charge is -2.25. The van der Waals surface area contributed by atoms with Crippen molar-refractivity contribution in [2.75, 3.05) is 13.2 Å². The average molecular weight is 478 g/mol. The van der Waals surface area contributed by atoms with E-state index in [9.17, 15) is 26.2 Å². The second-order valence-electron chi connectivity index (χ2n) is 6.42. The van der Waals surface area contributed by atoms with E-state index in [0.29, 0.717) is 0 Å². The largest absolute Gasteiger partial charge is 0.534 e. The van der Waals surface area contributed by atoms with E-state index in [1.54, 1.807) is 27.7 Å². The third kappa shape index (κ3) is 6.76. The molecule has 0 radical (unpaired) electrons. The van der Waals surface area contributed by atoms with E-state index < -0.39 is 46.5 Å². The Hall–Kier alpha value is -1.49. The molecule has 13 heteroatoms. The zero-order valence-corrected chi connectivity index (χ0v) is 19.2. The fourth-order valence-electron chi connectivity index (χ4n) is 2.25. The number of alkyl halides is 3. The summed E-state index contributed by atoms with van der Waals surface area (Å²) in [4.78, 5) is 0. The third-order valence-electron chi connectivity index (χ3n) is 3.10. The Kier molecular flexibility index (Phi) is 9.04. The van der Waals surface area contributed by atoms with Gasteiger partial charge in [-0.3, -0.25) is 4.57 Å². The summed E-state index contributed by atoms with van der Waals surface area (Å²) >= 11 is 0. The van der Waals surface area contributed by atoms with Gasteiger partial charge in [-0.05, 0) is 41.5 Å². The molecule has 8 nitrogen and oxygen atoms in total. The Bertz CT molecular complexity index is 858. The molecular formula is C17H26F3O8PS. The molecular weight excluding hydrogens is 452 g/mol. The minimum atomic E-state index is -6.10. The number of benzene rings is 1. The molecule has 30 heavy (non-hydrogen) atoms. The first kappa shape index (κ1) is 26.5. The molecule has 0 bridgehead atoms. The van der Waals surface area contributed by atoms with Crippen molar-refractivity contribution in [1.82, 2.24) is 0 Å². The normalized spacial score (nSPS) is 13.0. The topological polar surface area (TPSA) is 97.4 Å². The quantitative estimate of drug-likeness (QED) is 0.263. The van der Waals surface area contributed by atoms with Crippen LogP contribution in [0.4, 0.5) is 13.2 Å². The fraction of sp³-hybridized carbons (Fsp3) is 0.647. The van der Waals surface area contributed by atoms with Crippen molar-refractivity contribution in [2.45, 2.75) is 59.3 Å². The highest BCUT2D eigenvalue weighted by Gasteiger charge is 2.50. The van der Waals surface area contributed by atoms with E-state index in [0.717, 1.165) is 6.07 Å². The third-order valence-corrected chi connectivity index (χ3v) is 6.25. The molecule has 0 heterocycles. The van der Waals surface area contributed by atoms with Gasteiger partial charge in [0.05, 0.1) is 25.4 Å².